The molecule has 1 fully saturated rings. The largest absolute Gasteiger partial charge is 0.388 e. The van der Waals surface area contributed by atoms with Crippen LogP contribution in [0.1, 0.15) is 113 Å². The molecule has 1 saturated carbocycles. The fourth-order valence-corrected chi connectivity index (χ4v) is 13.9. The summed E-state index contributed by atoms with van der Waals surface area (Å²) in [6.45, 7) is 7.86. The highest BCUT2D eigenvalue weighted by Crippen LogP contribution is 2.31. The smallest absolute Gasteiger partial charge is 0.274 e. The van der Waals surface area contributed by atoms with Gasteiger partial charge in [-0.2, -0.15) is 5.10 Å². The van der Waals surface area contributed by atoms with Crippen LogP contribution in [0.3, 0.4) is 0 Å². The number of aliphatic hydroxyl groups excluding tert-OH is 2. The average Bonchev–Trinajstić information content (AvgIpc) is 0.860. The number of nitrogens with one attached hydrogen (secondary N) is 9. The van der Waals surface area contributed by atoms with E-state index in [-0.39, 0.29) is 67.4 Å². The van der Waals surface area contributed by atoms with Crippen LogP contribution in [0.4, 0.5) is 5.82 Å². The molecular weight excluding hydrogens is 1710 g/mol. The van der Waals surface area contributed by atoms with Gasteiger partial charge in [0.15, 0.2) is 17.4 Å². The van der Waals surface area contributed by atoms with E-state index in [0.717, 1.165) is 34.9 Å². The normalized spacial score (nSPS) is 11.3. The minimum atomic E-state index is -0.694. The average molecular weight is 1790 g/mol. The number of benzene rings is 8. The van der Waals surface area contributed by atoms with Gasteiger partial charge >= 0.3 is 0 Å². The number of nitrogens with zero attached hydrogens (tertiary/aromatic N) is 10. The zero-order valence-corrected chi connectivity index (χ0v) is 71.2. The predicted octanol–water partition coefficient (Wildman–Crippen LogP) is 9.42. The van der Waals surface area contributed by atoms with Crippen LogP contribution in [0.25, 0.3) is 105 Å². The number of ketones is 2. The van der Waals surface area contributed by atoms with E-state index in [9.17, 15) is 62.3 Å². The molecule has 17 aromatic rings. The third-order valence-electron chi connectivity index (χ3n) is 20.7. The molecule has 8 aromatic carbocycles. The van der Waals surface area contributed by atoms with Gasteiger partial charge in [0.1, 0.15) is 42.2 Å². The van der Waals surface area contributed by atoms with Gasteiger partial charge in [-0.25, -0.2) is 46.8 Å². The van der Waals surface area contributed by atoms with Crippen molar-refractivity contribution in [2.75, 3.05) is 18.5 Å². The molecule has 38 heteroatoms. The Balaban J connectivity index is 0.000000136. The number of hydroxylamine groups is 4. The molecule has 0 radical (unpaired) electrons. The Bertz CT molecular complexity index is 7560. The van der Waals surface area contributed by atoms with Crippen LogP contribution in [-0.4, -0.2) is 154 Å². The topological polar surface area (TPSA) is 572 Å². The van der Waals surface area contributed by atoms with E-state index >= 15 is 0 Å². The Morgan fingerprint density at radius 2 is 0.940 bits per heavy atom. The minimum absolute atomic E-state index is 0.0509. The highest BCUT2D eigenvalue weighted by molar-refractivity contribution is 6.03. The number of anilines is 1. The monoisotopic (exact) mass is 1790 g/mol. The number of carbonyl (C=O) groups is 7. The SMILES string of the molecule is CC(C)Cc1nc2cc(C(=O)NO)ccc2c(=O)[nH]1.CCn1nccc1-c1nc2cc(C(=O)NO)ccc2c(=O)[nH]1.Cc1cn(Cc2ccccc2)c(=O)c2cc(C(=O)NO)ccc12.O=C(CO)c1ccc2c(=O)[nH]c(-c3ccccc3)nc2c1.O=C(CO)c1ccc2c(=O)[nH]c(-c3cccnc3)nc2c1.O=C(NO)c1ccc2ccn(-c3ccnc(NC(=O)C4CC4)c3)c(=O)c2c1. The van der Waals surface area contributed by atoms with Gasteiger partial charge in [0.05, 0.1) is 55.8 Å². The maximum Gasteiger partial charge on any atom is 0.274 e. The molecule has 133 heavy (non-hydrogen) atoms. The van der Waals surface area contributed by atoms with Crippen LogP contribution in [0, 0.1) is 18.8 Å². The van der Waals surface area contributed by atoms with E-state index in [1.165, 1.54) is 95.7 Å². The lowest BCUT2D eigenvalue weighted by atomic mass is 10.0. The van der Waals surface area contributed by atoms with Gasteiger partial charge in [-0.1, -0.05) is 98.8 Å². The summed E-state index contributed by atoms with van der Waals surface area (Å²) in [5.74, 6) is -0.915. The summed E-state index contributed by atoms with van der Waals surface area (Å²) in [6, 6.07) is 56.6. The number of pyridine rings is 4. The molecule has 5 amide bonds. The fourth-order valence-electron chi connectivity index (χ4n) is 13.9. The predicted molar refractivity (Wildman–Crippen MR) is 491 cm³/mol. The number of H-pyrrole nitrogens is 4. The molecule has 9 heterocycles. The van der Waals surface area contributed by atoms with E-state index in [0.29, 0.717) is 142 Å². The zero-order valence-electron chi connectivity index (χ0n) is 71.2. The number of fused-ring (bicyclic) bond motifs is 6. The van der Waals surface area contributed by atoms with Gasteiger partial charge in [0.2, 0.25) is 5.91 Å². The van der Waals surface area contributed by atoms with Crippen molar-refractivity contribution in [2.24, 2.45) is 11.8 Å². The summed E-state index contributed by atoms with van der Waals surface area (Å²) in [4.78, 5) is 191. The van der Waals surface area contributed by atoms with Crippen molar-refractivity contribution in [3.05, 3.63) is 356 Å². The van der Waals surface area contributed by atoms with Crippen molar-refractivity contribution in [2.45, 2.75) is 60.0 Å². The summed E-state index contributed by atoms with van der Waals surface area (Å²) in [5, 5.41) is 63.4. The van der Waals surface area contributed by atoms with E-state index in [4.69, 9.17) is 31.0 Å². The van der Waals surface area contributed by atoms with Crippen molar-refractivity contribution in [1.29, 1.82) is 0 Å². The van der Waals surface area contributed by atoms with Crippen LogP contribution in [0.15, 0.2) is 272 Å². The summed E-state index contributed by atoms with van der Waals surface area (Å²) in [6.07, 6.45) is 12.2. The Labute approximate surface area is 750 Å². The minimum Gasteiger partial charge on any atom is -0.388 e. The second-order valence-electron chi connectivity index (χ2n) is 30.3. The summed E-state index contributed by atoms with van der Waals surface area (Å²) >= 11 is 0. The molecule has 18 rings (SSSR count). The number of aromatic nitrogens is 14. The molecule has 0 unspecified atom stereocenters. The third-order valence-corrected chi connectivity index (χ3v) is 20.7. The highest BCUT2D eigenvalue weighted by Gasteiger charge is 2.30. The first-order valence-electron chi connectivity index (χ1n) is 41.0. The third kappa shape index (κ3) is 22.5. The molecule has 0 bridgehead atoms. The molecule has 0 aliphatic heterocycles. The molecule has 9 aromatic heterocycles. The summed E-state index contributed by atoms with van der Waals surface area (Å²) < 4.78 is 4.75. The molecule has 0 atom stereocenters. The number of carbonyl (C=O) groups excluding carboxylic acids is 7. The van der Waals surface area contributed by atoms with E-state index in [1.54, 1.807) is 117 Å². The number of hydrogen-bond acceptors (Lipinski definition) is 26. The first kappa shape index (κ1) is 93.3. The molecule has 0 spiro atoms. The first-order valence-corrected chi connectivity index (χ1v) is 41.0. The van der Waals surface area contributed by atoms with Crippen molar-refractivity contribution in [3.8, 4) is 40.0 Å². The van der Waals surface area contributed by atoms with E-state index in [2.05, 4.69) is 60.3 Å². The van der Waals surface area contributed by atoms with Gasteiger partial charge in [-0.3, -0.25) is 97.4 Å². The number of hydrogen-bond donors (Lipinski definition) is 15. The van der Waals surface area contributed by atoms with E-state index < -0.39 is 48.4 Å². The van der Waals surface area contributed by atoms with Crippen LogP contribution >= 0.6 is 0 Å². The second kappa shape index (κ2) is 42.5. The lowest BCUT2D eigenvalue weighted by Gasteiger charge is -2.11. The number of aliphatic hydroxyl groups is 2. The van der Waals surface area contributed by atoms with Gasteiger partial charge in [-0.15, -0.1) is 0 Å². The number of Topliss-reactive ketones (excluding diaryl/α,β-unsaturated/α-hetero) is 2. The second-order valence-corrected chi connectivity index (χ2v) is 30.3. The first-order chi connectivity index (χ1) is 64.2. The van der Waals surface area contributed by atoms with Gasteiger partial charge < -0.3 is 40.0 Å². The fraction of sp³-hybridized carbons (Fsp3) is 0.137. The Hall–Kier alpha value is -17.3. The number of amides is 5. The van der Waals surface area contributed by atoms with Crippen molar-refractivity contribution >= 4 is 112 Å². The van der Waals surface area contributed by atoms with Gasteiger partial charge in [-0.05, 0) is 170 Å². The van der Waals surface area contributed by atoms with Crippen molar-refractivity contribution in [3.63, 3.8) is 0 Å². The molecule has 38 nitrogen and oxygen atoms in total. The Morgan fingerprint density at radius 1 is 0.466 bits per heavy atom. The molecule has 0 saturated heterocycles. The molecule has 1 aliphatic carbocycles. The Kier molecular flexibility index (Phi) is 29.9. The molecule has 1 aliphatic rings. The Morgan fingerprint density at radius 3 is 1.46 bits per heavy atom. The zero-order chi connectivity index (χ0) is 94.7. The quantitative estimate of drug-likeness (QED) is 0.0203. The maximum absolute atomic E-state index is 12.9. The van der Waals surface area contributed by atoms with Crippen molar-refractivity contribution < 1.29 is 64.6 Å². The van der Waals surface area contributed by atoms with Crippen LogP contribution in [-0.2, 0) is 24.3 Å². The van der Waals surface area contributed by atoms with Gasteiger partial charge in [0, 0.05) is 117 Å². The van der Waals surface area contributed by atoms with E-state index in [1.807, 2.05) is 94.6 Å². The highest BCUT2D eigenvalue weighted by atomic mass is 16.5. The number of rotatable bonds is 19. The summed E-state index contributed by atoms with van der Waals surface area (Å²) in [7, 11) is 0. The number of aryl methyl sites for hydroxylation is 2. The van der Waals surface area contributed by atoms with Crippen LogP contribution in [0.5, 0.6) is 0 Å². The maximum atomic E-state index is 12.9. The van der Waals surface area contributed by atoms with Crippen molar-refractivity contribution in [1.82, 2.24) is 90.7 Å². The van der Waals surface area contributed by atoms with Gasteiger partial charge in [0.25, 0.3) is 57.0 Å². The van der Waals surface area contributed by atoms with Crippen LogP contribution in [0.2, 0.25) is 0 Å². The lowest BCUT2D eigenvalue weighted by Crippen LogP contribution is -2.22. The standard InChI is InChI=1S/C19H16N4O4.C18H16N2O3.C16H12N2O3.C15H11N3O3.C14H13N5O3.C13H15N3O3/c24-17(12-2-3-12)21-16-10-14(5-7-20-16)23-8-6-11-1-4-13(18(25)22-27)9-15(11)19(23)26;1-12-10-20(11-13-5-3-2-4-6-13)18(22)16-9-14(17(21)19-23)7-8-15(12)16;19-9-14(20)11-6-7-12-13(8-11)17-15(18-16(12)21)10-4-2-1-3-5-10;19-8-13(20)9-3-4-11-12(6-9)17-14(18-15(11)21)10-2-1-5-16-7-10;1-2-19-11(5-6-15-19)12-16-10-7-8(13(20)18-22)3-4-9(10)14(21)17-12;1-7(2)5-11-14-10-6-8(12(17)16-19)3-4-9(10)13(18)15-11/h1,4-10,12,27H,2-3H2,(H,22,25)(H,20,21,24);2-10,23H,11H2,1H3,(H,19,21);1-8,19H,9H2,(H,17,18,21);1-7,19H,8H2,(H,17,18,21);3-7,22H,2H2,1H3,(H,18,20)(H,16,17,21);3-4,6-7,19H,5H2,1-2H3,(H,16,17)(H,14,15,18). The molecule has 672 valence electrons. The molecule has 15 N–H and O–H groups in total. The lowest BCUT2D eigenvalue weighted by molar-refractivity contribution is -0.117. The van der Waals surface area contributed by atoms with Crippen LogP contribution < -0.4 is 60.6 Å². The number of aromatic amines is 4. The molecular formula is C95H83N19O19. The summed E-state index contributed by atoms with van der Waals surface area (Å²) in [5.41, 5.74) is 12.5.